The van der Waals surface area contributed by atoms with E-state index in [1.807, 2.05) is 30.0 Å². The SMILES string of the molecule is CCOC(=O)C1CCCN(C(=S)Nc2cc(OC)ccc2OC)C1. The summed E-state index contributed by atoms with van der Waals surface area (Å²) in [6.07, 6.45) is 1.74. The van der Waals surface area contributed by atoms with Gasteiger partial charge in [0.25, 0.3) is 0 Å². The molecule has 1 heterocycles. The summed E-state index contributed by atoms with van der Waals surface area (Å²) in [4.78, 5) is 14.0. The van der Waals surface area contributed by atoms with Crippen molar-refractivity contribution in [3.05, 3.63) is 18.2 Å². The van der Waals surface area contributed by atoms with Crippen molar-refractivity contribution >= 4 is 29.0 Å². The van der Waals surface area contributed by atoms with Crippen LogP contribution in [0.1, 0.15) is 19.8 Å². The van der Waals surface area contributed by atoms with E-state index in [9.17, 15) is 4.79 Å². The predicted molar refractivity (Wildman–Crippen MR) is 96.7 cm³/mol. The highest BCUT2D eigenvalue weighted by Crippen LogP contribution is 2.29. The summed E-state index contributed by atoms with van der Waals surface area (Å²) < 4.78 is 15.7. The first kappa shape index (κ1) is 18.3. The van der Waals surface area contributed by atoms with Crippen molar-refractivity contribution in [1.82, 2.24) is 4.90 Å². The van der Waals surface area contributed by atoms with Crippen molar-refractivity contribution in [2.75, 3.05) is 39.2 Å². The van der Waals surface area contributed by atoms with Crippen LogP contribution in [0.2, 0.25) is 0 Å². The van der Waals surface area contributed by atoms with Crippen molar-refractivity contribution < 1.29 is 19.0 Å². The highest BCUT2D eigenvalue weighted by molar-refractivity contribution is 7.80. The number of methoxy groups -OCH3 is 2. The van der Waals surface area contributed by atoms with Crippen LogP contribution in [0, 0.1) is 5.92 Å². The lowest BCUT2D eigenvalue weighted by Crippen LogP contribution is -2.44. The third-order valence-electron chi connectivity index (χ3n) is 3.98. The molecule has 1 aromatic rings. The Balaban J connectivity index is 2.05. The number of hydrogen-bond acceptors (Lipinski definition) is 5. The van der Waals surface area contributed by atoms with Crippen LogP contribution < -0.4 is 14.8 Å². The van der Waals surface area contributed by atoms with Crippen molar-refractivity contribution in [2.45, 2.75) is 19.8 Å². The monoisotopic (exact) mass is 352 g/mol. The van der Waals surface area contributed by atoms with Crippen molar-refractivity contribution in [3.8, 4) is 11.5 Å². The Morgan fingerprint density at radius 2 is 2.17 bits per heavy atom. The molecule has 132 valence electrons. The third-order valence-corrected chi connectivity index (χ3v) is 4.34. The van der Waals surface area contributed by atoms with E-state index in [2.05, 4.69) is 5.32 Å². The molecular weight excluding hydrogens is 328 g/mol. The largest absolute Gasteiger partial charge is 0.497 e. The molecule has 0 bridgehead atoms. The molecule has 0 saturated carbocycles. The van der Waals surface area contributed by atoms with Crippen LogP contribution in [-0.2, 0) is 9.53 Å². The Hall–Kier alpha value is -2.02. The first-order chi connectivity index (χ1) is 11.6. The molecule has 7 heteroatoms. The van der Waals surface area contributed by atoms with E-state index in [1.54, 1.807) is 14.2 Å². The van der Waals surface area contributed by atoms with E-state index in [0.29, 0.717) is 29.8 Å². The standard InChI is InChI=1S/C17H24N2O4S/c1-4-23-16(20)12-6-5-9-19(11-12)17(24)18-14-10-13(21-2)7-8-15(14)22-3/h7-8,10,12H,4-6,9,11H2,1-3H3,(H,18,24). The average Bonchev–Trinajstić information content (AvgIpc) is 2.61. The van der Waals surface area contributed by atoms with Gasteiger partial charge in [0, 0.05) is 19.2 Å². The van der Waals surface area contributed by atoms with E-state index in [-0.39, 0.29) is 11.9 Å². The molecule has 0 amide bonds. The van der Waals surface area contributed by atoms with E-state index < -0.39 is 0 Å². The maximum Gasteiger partial charge on any atom is 0.310 e. The van der Waals surface area contributed by atoms with Gasteiger partial charge in [-0.15, -0.1) is 0 Å². The van der Waals surface area contributed by atoms with Crippen molar-refractivity contribution in [1.29, 1.82) is 0 Å². The lowest BCUT2D eigenvalue weighted by molar-refractivity contribution is -0.149. The van der Waals surface area contributed by atoms with Gasteiger partial charge in [-0.3, -0.25) is 4.79 Å². The lowest BCUT2D eigenvalue weighted by atomic mass is 9.98. The highest BCUT2D eigenvalue weighted by Gasteiger charge is 2.28. The molecule has 0 aromatic heterocycles. The van der Waals surface area contributed by atoms with E-state index in [4.69, 9.17) is 26.4 Å². The normalized spacial score (nSPS) is 17.1. The molecule has 6 nitrogen and oxygen atoms in total. The van der Waals surface area contributed by atoms with Gasteiger partial charge in [-0.05, 0) is 44.1 Å². The fourth-order valence-corrected chi connectivity index (χ4v) is 3.00. The number of nitrogens with zero attached hydrogens (tertiary/aromatic N) is 1. The molecule has 1 saturated heterocycles. The summed E-state index contributed by atoms with van der Waals surface area (Å²) in [7, 11) is 3.21. The number of likely N-dealkylation sites (tertiary alicyclic amines) is 1. The van der Waals surface area contributed by atoms with Gasteiger partial charge in [-0.2, -0.15) is 0 Å². The predicted octanol–water partition coefficient (Wildman–Crippen LogP) is 2.68. The number of thiocarbonyl (C=S) groups is 1. The molecule has 24 heavy (non-hydrogen) atoms. The molecule has 1 aliphatic heterocycles. The van der Waals surface area contributed by atoms with E-state index >= 15 is 0 Å². The second-order valence-electron chi connectivity index (χ2n) is 5.53. The number of hydrogen-bond donors (Lipinski definition) is 1. The molecule has 0 aliphatic carbocycles. The Kier molecular flexibility index (Phi) is 6.66. The number of rotatable bonds is 5. The number of nitrogens with one attached hydrogen (secondary N) is 1. The zero-order chi connectivity index (χ0) is 17.5. The zero-order valence-corrected chi connectivity index (χ0v) is 15.1. The second kappa shape index (κ2) is 8.73. The van der Waals surface area contributed by atoms with E-state index in [1.165, 1.54) is 0 Å². The Labute approximate surface area is 148 Å². The second-order valence-corrected chi connectivity index (χ2v) is 5.92. The van der Waals surface area contributed by atoms with Crippen molar-refractivity contribution in [2.24, 2.45) is 5.92 Å². The Bertz CT molecular complexity index is 594. The van der Waals surface area contributed by atoms with Crippen LogP contribution in [0.15, 0.2) is 18.2 Å². The summed E-state index contributed by atoms with van der Waals surface area (Å²) in [6, 6.07) is 5.48. The minimum absolute atomic E-state index is 0.134. The molecule has 1 N–H and O–H groups in total. The van der Waals surface area contributed by atoms with Gasteiger partial charge in [0.15, 0.2) is 5.11 Å². The molecule has 1 unspecified atom stereocenters. The number of benzene rings is 1. The fourth-order valence-electron chi connectivity index (χ4n) is 2.72. The number of carbonyl (C=O) groups is 1. The molecule has 1 aliphatic rings. The minimum atomic E-state index is -0.149. The third kappa shape index (κ3) is 4.50. The zero-order valence-electron chi connectivity index (χ0n) is 14.3. The first-order valence-corrected chi connectivity index (χ1v) is 8.44. The number of anilines is 1. The Morgan fingerprint density at radius 3 is 2.83 bits per heavy atom. The van der Waals surface area contributed by atoms with Crippen LogP contribution >= 0.6 is 12.2 Å². The minimum Gasteiger partial charge on any atom is -0.497 e. The summed E-state index contributed by atoms with van der Waals surface area (Å²) in [5.41, 5.74) is 0.736. The first-order valence-electron chi connectivity index (χ1n) is 8.03. The van der Waals surface area contributed by atoms with Gasteiger partial charge >= 0.3 is 5.97 Å². The molecular formula is C17H24N2O4S. The summed E-state index contributed by atoms with van der Waals surface area (Å²) in [6.45, 7) is 3.60. The summed E-state index contributed by atoms with van der Waals surface area (Å²) in [5, 5.41) is 3.76. The number of carbonyl (C=O) groups excluding carboxylic acids is 1. The lowest BCUT2D eigenvalue weighted by Gasteiger charge is -2.33. The van der Waals surface area contributed by atoms with Crippen LogP contribution in [0.25, 0.3) is 0 Å². The van der Waals surface area contributed by atoms with E-state index in [0.717, 1.165) is 25.1 Å². The van der Waals surface area contributed by atoms with Gasteiger partial charge in [0.1, 0.15) is 11.5 Å². The highest BCUT2D eigenvalue weighted by atomic mass is 32.1. The average molecular weight is 352 g/mol. The molecule has 1 atom stereocenters. The molecule has 1 fully saturated rings. The maximum absolute atomic E-state index is 12.0. The van der Waals surface area contributed by atoms with Crippen LogP contribution in [0.4, 0.5) is 5.69 Å². The number of esters is 1. The van der Waals surface area contributed by atoms with Gasteiger partial charge < -0.3 is 24.4 Å². The summed E-state index contributed by atoms with van der Waals surface area (Å²) >= 11 is 5.51. The van der Waals surface area contributed by atoms with Gasteiger partial charge in [-0.25, -0.2) is 0 Å². The fraction of sp³-hybridized carbons (Fsp3) is 0.529. The quantitative estimate of drug-likeness (QED) is 0.646. The van der Waals surface area contributed by atoms with Crippen molar-refractivity contribution in [3.63, 3.8) is 0 Å². The molecule has 0 spiro atoms. The summed E-state index contributed by atoms with van der Waals surface area (Å²) in [5.74, 6) is 1.11. The number of piperidine rings is 1. The smallest absolute Gasteiger partial charge is 0.310 e. The molecule has 2 rings (SSSR count). The molecule has 1 aromatic carbocycles. The maximum atomic E-state index is 12.0. The van der Waals surface area contributed by atoms with Crippen LogP contribution in [-0.4, -0.2) is 49.9 Å². The van der Waals surface area contributed by atoms with Gasteiger partial charge in [-0.1, -0.05) is 0 Å². The van der Waals surface area contributed by atoms with Crippen LogP contribution in [0.5, 0.6) is 11.5 Å². The topological polar surface area (TPSA) is 60.0 Å². The Morgan fingerprint density at radius 1 is 1.38 bits per heavy atom. The van der Waals surface area contributed by atoms with Gasteiger partial charge in [0.2, 0.25) is 0 Å². The number of ether oxygens (including phenoxy) is 3. The van der Waals surface area contributed by atoms with Gasteiger partial charge in [0.05, 0.1) is 32.4 Å². The molecule has 0 radical (unpaired) electrons. The van der Waals surface area contributed by atoms with Crippen LogP contribution in [0.3, 0.4) is 0 Å².